The molecule has 1 fully saturated rings. The predicted octanol–water partition coefficient (Wildman–Crippen LogP) is 3.72. The van der Waals surface area contributed by atoms with E-state index in [1.165, 1.54) is 0 Å². The Balaban J connectivity index is 1.64. The van der Waals surface area contributed by atoms with Crippen LogP contribution in [0.25, 0.3) is 11.1 Å². The van der Waals surface area contributed by atoms with Gasteiger partial charge in [0, 0.05) is 54.7 Å². The van der Waals surface area contributed by atoms with Crippen molar-refractivity contribution in [2.75, 3.05) is 7.05 Å². The van der Waals surface area contributed by atoms with Crippen molar-refractivity contribution in [1.29, 1.82) is 10.8 Å². The highest BCUT2D eigenvalue weighted by atomic mass is 32.2. The molecule has 7 nitrogen and oxygen atoms in total. The lowest BCUT2D eigenvalue weighted by Crippen LogP contribution is -2.62. The maximum absolute atomic E-state index is 8.54. The van der Waals surface area contributed by atoms with Crippen LogP contribution in [0.4, 0.5) is 0 Å². The molecule has 0 saturated carbocycles. The second-order valence-electron chi connectivity index (χ2n) is 9.14. The van der Waals surface area contributed by atoms with Crippen LogP contribution in [-0.4, -0.2) is 54.0 Å². The first-order chi connectivity index (χ1) is 13.5. The molecule has 0 bridgehead atoms. The number of rotatable bonds is 3. The summed E-state index contributed by atoms with van der Waals surface area (Å²) in [5.41, 5.74) is 2.57. The highest BCUT2D eigenvalue weighted by molar-refractivity contribution is 8.26. The van der Waals surface area contributed by atoms with Crippen molar-refractivity contribution in [3.8, 4) is 11.1 Å². The van der Waals surface area contributed by atoms with Gasteiger partial charge < -0.3 is 10.2 Å². The van der Waals surface area contributed by atoms with Crippen LogP contribution in [0.1, 0.15) is 46.2 Å². The van der Waals surface area contributed by atoms with Gasteiger partial charge in [-0.3, -0.25) is 20.5 Å². The number of hydrogen-bond donors (Lipinski definition) is 3. The van der Waals surface area contributed by atoms with E-state index in [9.17, 15) is 0 Å². The first kappa shape index (κ1) is 21.5. The van der Waals surface area contributed by atoms with Gasteiger partial charge in [-0.25, -0.2) is 0 Å². The van der Waals surface area contributed by atoms with Crippen molar-refractivity contribution in [2.45, 2.75) is 57.7 Å². The van der Waals surface area contributed by atoms with Crippen molar-refractivity contribution < 1.29 is 0 Å². The molecule has 0 spiro atoms. The van der Waals surface area contributed by atoms with Gasteiger partial charge in [-0.2, -0.15) is 5.10 Å². The smallest absolute Gasteiger partial charge is 0.162 e. The Hall–Kier alpha value is -2.19. The standard InChI is InChI=1S/C21H31N7S/c1-20(2)9-16(10-21(3,4)26-20)28(6)19(23)29-18(22)17-8-7-14(11-24-17)15-12-25-27(5)13-15/h7-8,11-13,16,22-23,26H,9-10H2,1-6H3. The maximum Gasteiger partial charge on any atom is 0.162 e. The van der Waals surface area contributed by atoms with Crippen LogP contribution < -0.4 is 5.32 Å². The Morgan fingerprint density at radius 3 is 2.31 bits per heavy atom. The van der Waals surface area contributed by atoms with E-state index in [4.69, 9.17) is 10.8 Å². The maximum atomic E-state index is 8.54. The van der Waals surface area contributed by atoms with E-state index < -0.39 is 0 Å². The summed E-state index contributed by atoms with van der Waals surface area (Å²) < 4.78 is 1.75. The lowest BCUT2D eigenvalue weighted by atomic mass is 9.79. The van der Waals surface area contributed by atoms with Crippen molar-refractivity contribution in [1.82, 2.24) is 25.0 Å². The lowest BCUT2D eigenvalue weighted by Gasteiger charge is -2.49. The molecule has 1 aliphatic heterocycles. The van der Waals surface area contributed by atoms with Crippen molar-refractivity contribution >= 4 is 22.0 Å². The molecule has 0 aliphatic carbocycles. The number of nitrogens with one attached hydrogen (secondary N) is 3. The summed E-state index contributed by atoms with van der Waals surface area (Å²) in [7, 11) is 3.84. The molecule has 3 heterocycles. The van der Waals surface area contributed by atoms with Gasteiger partial charge in [0.25, 0.3) is 0 Å². The normalized spacial score (nSPS) is 18.4. The average molecular weight is 414 g/mol. The molecule has 0 unspecified atom stereocenters. The fourth-order valence-electron chi connectivity index (χ4n) is 4.20. The largest absolute Gasteiger partial charge is 0.351 e. The quantitative estimate of drug-likeness (QED) is 0.527. The van der Waals surface area contributed by atoms with E-state index >= 15 is 0 Å². The minimum Gasteiger partial charge on any atom is -0.351 e. The second-order valence-corrected chi connectivity index (χ2v) is 10.1. The Kier molecular flexibility index (Phi) is 5.87. The molecule has 0 aromatic carbocycles. The Bertz CT molecular complexity index is 882. The third-order valence-corrected chi connectivity index (χ3v) is 6.16. The summed E-state index contributed by atoms with van der Waals surface area (Å²) in [5.74, 6) is 0. The van der Waals surface area contributed by atoms with E-state index in [1.54, 1.807) is 17.1 Å². The van der Waals surface area contributed by atoms with Crippen molar-refractivity contribution in [3.05, 3.63) is 36.4 Å². The van der Waals surface area contributed by atoms with Crippen molar-refractivity contribution in [3.63, 3.8) is 0 Å². The summed E-state index contributed by atoms with van der Waals surface area (Å²) in [6.07, 6.45) is 7.40. The molecule has 1 aliphatic rings. The number of thioether (sulfide) groups is 1. The van der Waals surface area contributed by atoms with E-state index in [0.29, 0.717) is 10.9 Å². The van der Waals surface area contributed by atoms with Crippen LogP contribution in [0, 0.1) is 10.8 Å². The molecule has 0 amide bonds. The van der Waals surface area contributed by atoms with Gasteiger partial charge in [0.1, 0.15) is 5.04 Å². The summed E-state index contributed by atoms with van der Waals surface area (Å²) >= 11 is 1.15. The van der Waals surface area contributed by atoms with Crippen LogP contribution in [0.5, 0.6) is 0 Å². The van der Waals surface area contributed by atoms with Crippen LogP contribution in [0.3, 0.4) is 0 Å². The highest BCUT2D eigenvalue weighted by Crippen LogP contribution is 2.32. The highest BCUT2D eigenvalue weighted by Gasteiger charge is 2.39. The first-order valence-corrected chi connectivity index (χ1v) is 10.6. The zero-order valence-corrected chi connectivity index (χ0v) is 18.9. The Morgan fingerprint density at radius 1 is 1.14 bits per heavy atom. The molecule has 0 radical (unpaired) electrons. The molecule has 29 heavy (non-hydrogen) atoms. The summed E-state index contributed by atoms with van der Waals surface area (Å²) in [6.45, 7) is 8.84. The topological polar surface area (TPSA) is 93.7 Å². The van der Waals surface area contributed by atoms with Gasteiger partial charge in [0.2, 0.25) is 0 Å². The second kappa shape index (κ2) is 7.91. The molecule has 2 aromatic heterocycles. The first-order valence-electron chi connectivity index (χ1n) is 9.78. The SMILES string of the molecule is CN(C(=N)SC(=N)c1ccc(-c2cnn(C)c2)cn1)C1CC(C)(C)NC(C)(C)C1. The Labute approximate surface area is 177 Å². The van der Waals surface area contributed by atoms with Gasteiger partial charge in [0.05, 0.1) is 11.9 Å². The zero-order valence-electron chi connectivity index (χ0n) is 18.1. The van der Waals surface area contributed by atoms with E-state index in [2.05, 4.69) is 43.1 Å². The third-order valence-electron chi connectivity index (χ3n) is 5.27. The van der Waals surface area contributed by atoms with Crippen molar-refractivity contribution in [2.24, 2.45) is 7.05 Å². The number of piperidine rings is 1. The van der Waals surface area contributed by atoms with Crippen LogP contribution in [0.15, 0.2) is 30.7 Å². The molecule has 1 saturated heterocycles. The average Bonchev–Trinajstić information content (AvgIpc) is 3.05. The fraction of sp³-hybridized carbons (Fsp3) is 0.524. The van der Waals surface area contributed by atoms with Crippen LogP contribution in [-0.2, 0) is 7.05 Å². The number of pyridine rings is 1. The lowest BCUT2D eigenvalue weighted by molar-refractivity contribution is 0.114. The Morgan fingerprint density at radius 2 is 1.79 bits per heavy atom. The van der Waals surface area contributed by atoms with Gasteiger partial charge in [-0.1, -0.05) is 6.07 Å². The number of aromatic nitrogens is 3. The van der Waals surface area contributed by atoms with Crippen LogP contribution >= 0.6 is 11.8 Å². The number of aryl methyl sites for hydroxylation is 1. The monoisotopic (exact) mass is 413 g/mol. The summed E-state index contributed by atoms with van der Waals surface area (Å²) in [5, 5.41) is 25.5. The van der Waals surface area contributed by atoms with E-state index in [1.807, 2.05) is 37.3 Å². The van der Waals surface area contributed by atoms with E-state index in [-0.39, 0.29) is 22.2 Å². The minimum atomic E-state index is 0.0167. The third kappa shape index (κ3) is 5.25. The molecule has 8 heteroatoms. The molecular formula is C21H31N7S. The van der Waals surface area contributed by atoms with Gasteiger partial charge >= 0.3 is 0 Å². The molecule has 2 aromatic rings. The fourth-order valence-corrected chi connectivity index (χ4v) is 4.91. The molecule has 3 rings (SSSR count). The number of hydrogen-bond acceptors (Lipinski definition) is 6. The number of amidine groups is 1. The molecule has 0 atom stereocenters. The van der Waals surface area contributed by atoms with E-state index in [0.717, 1.165) is 35.7 Å². The van der Waals surface area contributed by atoms with Crippen LogP contribution in [0.2, 0.25) is 0 Å². The minimum absolute atomic E-state index is 0.0167. The molecule has 3 N–H and O–H groups in total. The van der Waals surface area contributed by atoms with Gasteiger partial charge in [0.15, 0.2) is 5.17 Å². The molecule has 156 valence electrons. The van der Waals surface area contributed by atoms with Gasteiger partial charge in [-0.15, -0.1) is 0 Å². The summed E-state index contributed by atoms with van der Waals surface area (Å²) in [6, 6.07) is 4.04. The summed E-state index contributed by atoms with van der Waals surface area (Å²) in [4.78, 5) is 6.44. The zero-order chi connectivity index (χ0) is 21.4. The predicted molar refractivity (Wildman–Crippen MR) is 121 cm³/mol. The number of nitrogens with zero attached hydrogens (tertiary/aromatic N) is 4. The van der Waals surface area contributed by atoms with Gasteiger partial charge in [-0.05, 0) is 58.4 Å². The molecular weight excluding hydrogens is 382 g/mol.